The van der Waals surface area contributed by atoms with E-state index in [0.29, 0.717) is 5.56 Å². The summed E-state index contributed by atoms with van der Waals surface area (Å²) in [7, 11) is -3.59. The van der Waals surface area contributed by atoms with E-state index in [1.165, 1.54) is 18.2 Å². The fourth-order valence-corrected chi connectivity index (χ4v) is 2.75. The molecule has 0 aliphatic rings. The number of hydrogen-bond donors (Lipinski definition) is 1. The van der Waals surface area contributed by atoms with Crippen LogP contribution in [0, 0.1) is 21.7 Å². The summed E-state index contributed by atoms with van der Waals surface area (Å²) in [6, 6.07) is 6.20. The highest BCUT2D eigenvalue weighted by Gasteiger charge is 2.20. The number of hydrogen-bond acceptors (Lipinski definition) is 5. The molecular formula is C15H14F2N2O4S. The largest absolute Gasteiger partial charge is 0.373 e. The van der Waals surface area contributed by atoms with Crippen molar-refractivity contribution in [3.63, 3.8) is 0 Å². The van der Waals surface area contributed by atoms with Gasteiger partial charge in [0.25, 0.3) is 5.69 Å². The molecule has 0 saturated heterocycles. The number of sulfone groups is 1. The molecule has 0 bridgehead atoms. The van der Waals surface area contributed by atoms with Gasteiger partial charge in [0.15, 0.2) is 21.5 Å². The van der Waals surface area contributed by atoms with E-state index in [0.717, 1.165) is 24.5 Å². The lowest BCUT2D eigenvalue weighted by Crippen LogP contribution is -2.10. The Morgan fingerprint density at radius 3 is 2.33 bits per heavy atom. The van der Waals surface area contributed by atoms with Crippen molar-refractivity contribution in [2.24, 2.45) is 0 Å². The molecule has 0 radical (unpaired) electrons. The summed E-state index contributed by atoms with van der Waals surface area (Å²) in [5.74, 6) is -2.02. The van der Waals surface area contributed by atoms with E-state index in [1.807, 2.05) is 0 Å². The van der Waals surface area contributed by atoms with Crippen LogP contribution in [-0.4, -0.2) is 19.6 Å². The third kappa shape index (κ3) is 3.85. The van der Waals surface area contributed by atoms with E-state index in [1.54, 1.807) is 6.92 Å². The number of nitrogens with one attached hydrogen (secondary N) is 1. The van der Waals surface area contributed by atoms with E-state index in [2.05, 4.69) is 5.32 Å². The van der Waals surface area contributed by atoms with Gasteiger partial charge in [0.05, 0.1) is 9.82 Å². The molecule has 0 heterocycles. The highest BCUT2D eigenvalue weighted by molar-refractivity contribution is 7.90. The first-order chi connectivity index (χ1) is 11.1. The van der Waals surface area contributed by atoms with Gasteiger partial charge in [-0.1, -0.05) is 6.07 Å². The average Bonchev–Trinajstić information content (AvgIpc) is 2.49. The molecule has 1 atom stereocenters. The van der Waals surface area contributed by atoms with Gasteiger partial charge in [-0.2, -0.15) is 0 Å². The zero-order chi connectivity index (χ0) is 18.1. The Kier molecular flexibility index (Phi) is 4.83. The second kappa shape index (κ2) is 6.52. The quantitative estimate of drug-likeness (QED) is 0.655. The van der Waals surface area contributed by atoms with Crippen LogP contribution in [0.3, 0.4) is 0 Å². The van der Waals surface area contributed by atoms with Crippen LogP contribution in [0.15, 0.2) is 41.3 Å². The minimum absolute atomic E-state index is 0.0737. The van der Waals surface area contributed by atoms with Gasteiger partial charge < -0.3 is 5.32 Å². The Bertz CT molecular complexity index is 900. The van der Waals surface area contributed by atoms with Gasteiger partial charge >= 0.3 is 0 Å². The zero-order valence-corrected chi connectivity index (χ0v) is 13.6. The molecule has 0 amide bonds. The van der Waals surface area contributed by atoms with Crippen molar-refractivity contribution in [2.75, 3.05) is 11.6 Å². The van der Waals surface area contributed by atoms with Crippen molar-refractivity contribution in [1.82, 2.24) is 0 Å². The van der Waals surface area contributed by atoms with Gasteiger partial charge in [0.2, 0.25) is 0 Å². The lowest BCUT2D eigenvalue weighted by atomic mass is 10.1. The first-order valence-electron chi connectivity index (χ1n) is 6.79. The summed E-state index contributed by atoms with van der Waals surface area (Å²) in [5.41, 5.74) is 0.0346. The van der Waals surface area contributed by atoms with Crippen LogP contribution in [-0.2, 0) is 9.84 Å². The fraction of sp³-hybridized carbons (Fsp3) is 0.200. The Morgan fingerprint density at radius 1 is 1.12 bits per heavy atom. The summed E-state index contributed by atoms with van der Waals surface area (Å²) >= 11 is 0. The molecule has 6 nitrogen and oxygen atoms in total. The normalized spacial score (nSPS) is 12.7. The number of nitrogens with zero attached hydrogens (tertiary/aromatic N) is 1. The maximum absolute atomic E-state index is 13.3. The van der Waals surface area contributed by atoms with Gasteiger partial charge in [-0.05, 0) is 36.8 Å². The summed E-state index contributed by atoms with van der Waals surface area (Å²) < 4.78 is 49.3. The molecular weight excluding hydrogens is 342 g/mol. The van der Waals surface area contributed by atoms with Crippen LogP contribution in [0.5, 0.6) is 0 Å². The number of rotatable bonds is 5. The lowest BCUT2D eigenvalue weighted by molar-refractivity contribution is -0.384. The summed E-state index contributed by atoms with van der Waals surface area (Å²) in [6.07, 6.45) is 0.947. The number of halogens is 2. The highest BCUT2D eigenvalue weighted by Crippen LogP contribution is 2.31. The zero-order valence-electron chi connectivity index (χ0n) is 12.8. The maximum atomic E-state index is 13.3. The molecule has 0 aliphatic heterocycles. The maximum Gasteiger partial charge on any atom is 0.293 e. The third-order valence-corrected chi connectivity index (χ3v) is 4.52. The standard InChI is InChI=1S/C15H14F2N2O4S/c1-9(10-3-5-12(16)13(17)7-10)18-14-6-4-11(24(2,22)23)8-15(14)19(20)21/h3-9,18H,1-2H3/t9-/m1/s1. The van der Waals surface area contributed by atoms with Crippen LogP contribution in [0.2, 0.25) is 0 Å². The predicted octanol–water partition coefficient (Wildman–Crippen LogP) is 3.45. The number of anilines is 1. The molecule has 0 unspecified atom stereocenters. The van der Waals surface area contributed by atoms with Crippen molar-refractivity contribution < 1.29 is 22.1 Å². The molecule has 0 saturated carbocycles. The molecule has 24 heavy (non-hydrogen) atoms. The Hall–Kier alpha value is -2.55. The molecule has 0 fully saturated rings. The molecule has 128 valence electrons. The van der Waals surface area contributed by atoms with Crippen LogP contribution in [0.4, 0.5) is 20.2 Å². The number of nitro benzene ring substituents is 1. The van der Waals surface area contributed by atoms with Crippen LogP contribution in [0.1, 0.15) is 18.5 Å². The second-order valence-corrected chi connectivity index (χ2v) is 7.26. The smallest absolute Gasteiger partial charge is 0.293 e. The third-order valence-electron chi connectivity index (χ3n) is 3.41. The minimum atomic E-state index is -3.59. The molecule has 1 N–H and O–H groups in total. The van der Waals surface area contributed by atoms with Crippen molar-refractivity contribution in [2.45, 2.75) is 17.9 Å². The highest BCUT2D eigenvalue weighted by atomic mass is 32.2. The average molecular weight is 356 g/mol. The van der Waals surface area contributed by atoms with Crippen molar-refractivity contribution in [3.05, 3.63) is 63.7 Å². The second-order valence-electron chi connectivity index (χ2n) is 5.25. The van der Waals surface area contributed by atoms with E-state index in [4.69, 9.17) is 0 Å². The van der Waals surface area contributed by atoms with Crippen LogP contribution in [0.25, 0.3) is 0 Å². The molecule has 0 aliphatic carbocycles. The minimum Gasteiger partial charge on any atom is -0.373 e. The Labute approximate surface area is 137 Å². The van der Waals surface area contributed by atoms with Crippen molar-refractivity contribution >= 4 is 21.2 Å². The van der Waals surface area contributed by atoms with E-state index in [-0.39, 0.29) is 10.6 Å². The Balaban J connectivity index is 2.38. The van der Waals surface area contributed by atoms with E-state index in [9.17, 15) is 27.3 Å². The summed E-state index contributed by atoms with van der Waals surface area (Å²) in [5, 5.41) is 14.0. The lowest BCUT2D eigenvalue weighted by Gasteiger charge is -2.16. The van der Waals surface area contributed by atoms with Crippen molar-refractivity contribution in [3.8, 4) is 0 Å². The number of nitro groups is 1. The van der Waals surface area contributed by atoms with E-state index < -0.39 is 38.1 Å². The molecule has 0 spiro atoms. The molecule has 9 heteroatoms. The van der Waals surface area contributed by atoms with E-state index >= 15 is 0 Å². The molecule has 2 aromatic rings. The van der Waals surface area contributed by atoms with Crippen LogP contribution < -0.4 is 5.32 Å². The summed E-state index contributed by atoms with van der Waals surface area (Å²) in [4.78, 5) is 10.3. The van der Waals surface area contributed by atoms with Gasteiger partial charge in [-0.25, -0.2) is 17.2 Å². The van der Waals surface area contributed by atoms with Gasteiger partial charge in [-0.15, -0.1) is 0 Å². The fourth-order valence-electron chi connectivity index (χ4n) is 2.11. The first kappa shape index (κ1) is 17.8. The first-order valence-corrected chi connectivity index (χ1v) is 8.68. The molecule has 2 aromatic carbocycles. The number of benzene rings is 2. The SMILES string of the molecule is C[C@@H](Nc1ccc(S(C)(=O)=O)cc1[N+](=O)[O-])c1ccc(F)c(F)c1. The summed E-state index contributed by atoms with van der Waals surface area (Å²) in [6.45, 7) is 1.61. The van der Waals surface area contributed by atoms with Crippen molar-refractivity contribution in [1.29, 1.82) is 0 Å². The predicted molar refractivity (Wildman–Crippen MR) is 84.6 cm³/mol. The van der Waals surface area contributed by atoms with Crippen LogP contribution >= 0.6 is 0 Å². The monoisotopic (exact) mass is 356 g/mol. The van der Waals surface area contributed by atoms with Gasteiger partial charge in [-0.3, -0.25) is 10.1 Å². The molecule has 0 aromatic heterocycles. The molecule has 2 rings (SSSR count). The topological polar surface area (TPSA) is 89.3 Å². The van der Waals surface area contributed by atoms with Gasteiger partial charge in [0, 0.05) is 18.4 Å². The van der Waals surface area contributed by atoms with Gasteiger partial charge in [0.1, 0.15) is 5.69 Å². The Morgan fingerprint density at radius 2 is 1.79 bits per heavy atom.